The molecule has 4 rings (SSSR count). The molecule has 1 aliphatic heterocycles. The third-order valence-corrected chi connectivity index (χ3v) is 4.57. The Labute approximate surface area is 143 Å². The first-order chi connectivity index (χ1) is 11.8. The summed E-state index contributed by atoms with van der Waals surface area (Å²) in [5.74, 6) is 1.52. The number of nitrogens with zero attached hydrogens (tertiary/aromatic N) is 3. The van der Waals surface area contributed by atoms with Crippen molar-refractivity contribution in [1.29, 1.82) is 0 Å². The van der Waals surface area contributed by atoms with Crippen molar-refractivity contribution in [3.63, 3.8) is 0 Å². The van der Waals surface area contributed by atoms with Gasteiger partial charge in [0.05, 0.1) is 11.9 Å². The molecule has 0 radical (unpaired) electrons. The standard InChI is InChI=1S/C18H15N3O2S/c1-19-18-21(15(11-24-18)14-5-3-2-4-6-14)20-10-13-7-8-16-17(9-13)23-12-22-16/h2-11H,12H2,1H3/b19-18?,20-10-. The van der Waals surface area contributed by atoms with Gasteiger partial charge in [0.1, 0.15) is 0 Å². The lowest BCUT2D eigenvalue weighted by Crippen LogP contribution is -2.11. The molecule has 1 aliphatic rings. The van der Waals surface area contributed by atoms with Crippen LogP contribution in [-0.4, -0.2) is 24.7 Å². The Morgan fingerprint density at radius 1 is 1.08 bits per heavy atom. The van der Waals surface area contributed by atoms with Gasteiger partial charge in [0.15, 0.2) is 11.5 Å². The molecule has 0 bridgehead atoms. The molecule has 0 N–H and O–H groups in total. The highest BCUT2D eigenvalue weighted by Crippen LogP contribution is 2.32. The van der Waals surface area contributed by atoms with Crippen LogP contribution in [0.25, 0.3) is 11.3 Å². The molecular formula is C18H15N3O2S. The SMILES string of the molecule is CN=c1scc(-c2ccccc2)n1/N=C\c1ccc2c(c1)OCO2. The number of hydrogen-bond acceptors (Lipinski definition) is 5. The van der Waals surface area contributed by atoms with Crippen molar-refractivity contribution in [2.45, 2.75) is 0 Å². The van der Waals surface area contributed by atoms with E-state index in [1.54, 1.807) is 24.6 Å². The fraction of sp³-hybridized carbons (Fsp3) is 0.111. The lowest BCUT2D eigenvalue weighted by Gasteiger charge is -2.03. The van der Waals surface area contributed by atoms with Crippen molar-refractivity contribution in [1.82, 2.24) is 4.68 Å². The molecule has 120 valence electrons. The van der Waals surface area contributed by atoms with Gasteiger partial charge in [0.25, 0.3) is 0 Å². The molecule has 0 atom stereocenters. The number of rotatable bonds is 3. The monoisotopic (exact) mass is 337 g/mol. The normalized spacial score (nSPS) is 13.8. The Bertz CT molecular complexity index is 958. The lowest BCUT2D eigenvalue weighted by molar-refractivity contribution is 0.174. The summed E-state index contributed by atoms with van der Waals surface area (Å²) in [6.45, 7) is 0.270. The second kappa shape index (κ2) is 6.33. The van der Waals surface area contributed by atoms with E-state index in [1.165, 1.54) is 0 Å². The summed E-state index contributed by atoms with van der Waals surface area (Å²) in [4.78, 5) is 5.15. The van der Waals surface area contributed by atoms with Crippen molar-refractivity contribution >= 4 is 17.6 Å². The Morgan fingerprint density at radius 3 is 2.75 bits per heavy atom. The van der Waals surface area contributed by atoms with Gasteiger partial charge in [-0.2, -0.15) is 5.10 Å². The predicted octanol–water partition coefficient (Wildman–Crippen LogP) is 3.36. The average Bonchev–Trinajstić information content (AvgIpc) is 3.26. The molecule has 6 heteroatoms. The summed E-state index contributed by atoms with van der Waals surface area (Å²) in [7, 11) is 1.77. The van der Waals surface area contributed by atoms with Crippen molar-refractivity contribution in [3.05, 3.63) is 64.3 Å². The fourth-order valence-electron chi connectivity index (χ4n) is 2.49. The third-order valence-electron chi connectivity index (χ3n) is 3.67. The Balaban J connectivity index is 1.73. The molecule has 0 amide bonds. The average molecular weight is 337 g/mol. The maximum absolute atomic E-state index is 5.41. The third kappa shape index (κ3) is 2.72. The van der Waals surface area contributed by atoms with Crippen molar-refractivity contribution in [2.24, 2.45) is 10.1 Å². The molecule has 24 heavy (non-hydrogen) atoms. The zero-order valence-corrected chi connectivity index (χ0v) is 13.9. The van der Waals surface area contributed by atoms with Crippen LogP contribution in [0.3, 0.4) is 0 Å². The van der Waals surface area contributed by atoms with Crippen LogP contribution in [0.5, 0.6) is 11.5 Å². The van der Waals surface area contributed by atoms with Crippen LogP contribution in [0.15, 0.2) is 64.0 Å². The topological polar surface area (TPSA) is 48.1 Å². The highest BCUT2D eigenvalue weighted by Gasteiger charge is 2.12. The molecule has 0 saturated carbocycles. The Morgan fingerprint density at radius 2 is 1.92 bits per heavy atom. The van der Waals surface area contributed by atoms with E-state index in [9.17, 15) is 0 Å². The second-order valence-electron chi connectivity index (χ2n) is 5.16. The molecule has 0 saturated heterocycles. The van der Waals surface area contributed by atoms with Crippen LogP contribution >= 0.6 is 11.3 Å². The van der Waals surface area contributed by atoms with Gasteiger partial charge in [-0.1, -0.05) is 30.3 Å². The van der Waals surface area contributed by atoms with E-state index in [0.29, 0.717) is 0 Å². The van der Waals surface area contributed by atoms with Gasteiger partial charge < -0.3 is 9.47 Å². The van der Waals surface area contributed by atoms with Crippen molar-refractivity contribution in [3.8, 4) is 22.8 Å². The van der Waals surface area contributed by atoms with E-state index in [0.717, 1.165) is 33.1 Å². The molecule has 0 spiro atoms. The van der Waals surface area contributed by atoms with E-state index in [2.05, 4.69) is 27.6 Å². The van der Waals surface area contributed by atoms with Crippen LogP contribution < -0.4 is 14.3 Å². The van der Waals surface area contributed by atoms with Gasteiger partial charge in [0.2, 0.25) is 11.6 Å². The molecule has 1 aromatic heterocycles. The zero-order chi connectivity index (χ0) is 16.4. The number of hydrogen-bond donors (Lipinski definition) is 0. The first kappa shape index (κ1) is 14.7. The van der Waals surface area contributed by atoms with Crippen LogP contribution in [0, 0.1) is 0 Å². The first-order valence-corrected chi connectivity index (χ1v) is 8.36. The number of aromatic nitrogens is 1. The molecular weight excluding hydrogens is 322 g/mol. The van der Waals surface area contributed by atoms with Crippen molar-refractivity contribution < 1.29 is 9.47 Å². The summed E-state index contributed by atoms with van der Waals surface area (Å²) in [5.41, 5.74) is 3.06. The summed E-state index contributed by atoms with van der Waals surface area (Å²) in [6, 6.07) is 15.9. The highest BCUT2D eigenvalue weighted by atomic mass is 32.1. The molecule has 3 aromatic rings. The Kier molecular flexibility index (Phi) is 3.88. The van der Waals surface area contributed by atoms with Crippen molar-refractivity contribution in [2.75, 3.05) is 13.8 Å². The van der Waals surface area contributed by atoms with E-state index in [1.807, 2.05) is 41.1 Å². The number of benzene rings is 2. The van der Waals surface area contributed by atoms with Crippen LogP contribution in [0.2, 0.25) is 0 Å². The fourth-order valence-corrected chi connectivity index (χ4v) is 3.29. The Hall–Kier alpha value is -2.86. The number of thiazole rings is 1. The van der Waals surface area contributed by atoms with Gasteiger partial charge in [-0.25, -0.2) is 4.68 Å². The quantitative estimate of drug-likeness (QED) is 0.688. The molecule has 2 heterocycles. The zero-order valence-electron chi connectivity index (χ0n) is 13.0. The van der Waals surface area contributed by atoms with Crippen LogP contribution in [0.4, 0.5) is 0 Å². The van der Waals surface area contributed by atoms with Gasteiger partial charge >= 0.3 is 0 Å². The van der Waals surface area contributed by atoms with E-state index >= 15 is 0 Å². The minimum absolute atomic E-state index is 0.270. The summed E-state index contributed by atoms with van der Waals surface area (Å²) >= 11 is 1.56. The van der Waals surface area contributed by atoms with Gasteiger partial charge in [-0.3, -0.25) is 4.99 Å². The maximum Gasteiger partial charge on any atom is 0.231 e. The molecule has 5 nitrogen and oxygen atoms in total. The summed E-state index contributed by atoms with van der Waals surface area (Å²) in [6.07, 6.45) is 1.80. The van der Waals surface area contributed by atoms with E-state index < -0.39 is 0 Å². The van der Waals surface area contributed by atoms with E-state index in [-0.39, 0.29) is 6.79 Å². The maximum atomic E-state index is 5.41. The minimum atomic E-state index is 0.270. The molecule has 0 aliphatic carbocycles. The molecule has 2 aromatic carbocycles. The molecule has 0 fully saturated rings. The number of ether oxygens (including phenoxy) is 2. The summed E-state index contributed by atoms with van der Waals surface area (Å²) < 4.78 is 12.6. The second-order valence-corrected chi connectivity index (χ2v) is 6.00. The highest BCUT2D eigenvalue weighted by molar-refractivity contribution is 7.07. The van der Waals surface area contributed by atoms with Crippen LogP contribution in [-0.2, 0) is 0 Å². The smallest absolute Gasteiger partial charge is 0.231 e. The van der Waals surface area contributed by atoms with Gasteiger partial charge in [-0.05, 0) is 23.8 Å². The first-order valence-electron chi connectivity index (χ1n) is 7.48. The molecule has 0 unspecified atom stereocenters. The van der Waals surface area contributed by atoms with E-state index in [4.69, 9.17) is 9.47 Å². The largest absolute Gasteiger partial charge is 0.454 e. The van der Waals surface area contributed by atoms with Gasteiger partial charge in [-0.15, -0.1) is 11.3 Å². The predicted molar refractivity (Wildman–Crippen MR) is 94.8 cm³/mol. The number of fused-ring (bicyclic) bond motifs is 1. The lowest BCUT2D eigenvalue weighted by atomic mass is 10.2. The van der Waals surface area contributed by atoms with Gasteiger partial charge in [0, 0.05) is 18.0 Å². The minimum Gasteiger partial charge on any atom is -0.454 e. The summed E-state index contributed by atoms with van der Waals surface area (Å²) in [5, 5.41) is 6.69. The van der Waals surface area contributed by atoms with Crippen LogP contribution in [0.1, 0.15) is 5.56 Å².